The molecule has 3 fully saturated rings. The molecule has 0 spiro atoms. The van der Waals surface area contributed by atoms with Crippen molar-refractivity contribution in [1.82, 2.24) is 14.7 Å². The van der Waals surface area contributed by atoms with E-state index in [2.05, 4.69) is 16.2 Å². The molecule has 5 heteroatoms. The molecule has 2 saturated heterocycles. The second kappa shape index (κ2) is 7.77. The van der Waals surface area contributed by atoms with Gasteiger partial charge in [-0.15, -0.1) is 0 Å². The van der Waals surface area contributed by atoms with E-state index in [1.807, 2.05) is 17.9 Å². The normalized spacial score (nSPS) is 31.3. The van der Waals surface area contributed by atoms with Crippen molar-refractivity contribution in [2.75, 3.05) is 32.9 Å². The van der Waals surface area contributed by atoms with Crippen LogP contribution in [-0.2, 0) is 23.1 Å². The quantitative estimate of drug-likeness (QED) is 0.793. The summed E-state index contributed by atoms with van der Waals surface area (Å²) in [4.78, 5) is 2.58. The van der Waals surface area contributed by atoms with Gasteiger partial charge < -0.3 is 9.47 Å². The Morgan fingerprint density at radius 2 is 2.16 bits per heavy atom. The summed E-state index contributed by atoms with van der Waals surface area (Å²) >= 11 is 0. The highest BCUT2D eigenvalue weighted by Crippen LogP contribution is 2.41. The Labute approximate surface area is 151 Å². The summed E-state index contributed by atoms with van der Waals surface area (Å²) in [6, 6.07) is 0. The Kier molecular flexibility index (Phi) is 5.44. The lowest BCUT2D eigenvalue weighted by Gasteiger charge is -2.50. The molecular weight excluding hydrogens is 314 g/mol. The third kappa shape index (κ3) is 4.09. The second-order valence-electron chi connectivity index (χ2n) is 8.51. The van der Waals surface area contributed by atoms with Crippen LogP contribution in [0.3, 0.4) is 0 Å². The molecule has 3 heterocycles. The van der Waals surface area contributed by atoms with Crippen LogP contribution in [0.2, 0.25) is 0 Å². The highest BCUT2D eigenvalue weighted by atomic mass is 16.5. The fourth-order valence-electron chi connectivity index (χ4n) is 5.15. The van der Waals surface area contributed by atoms with Crippen molar-refractivity contribution in [2.24, 2.45) is 18.4 Å². The van der Waals surface area contributed by atoms with E-state index in [1.54, 1.807) is 0 Å². The summed E-state index contributed by atoms with van der Waals surface area (Å²) in [5.74, 6) is 0.800. The highest BCUT2D eigenvalue weighted by molar-refractivity contribution is 5.05. The van der Waals surface area contributed by atoms with E-state index in [9.17, 15) is 0 Å². The zero-order chi connectivity index (χ0) is 17.1. The maximum Gasteiger partial charge on any atom is 0.0677 e. The van der Waals surface area contributed by atoms with Gasteiger partial charge >= 0.3 is 0 Å². The van der Waals surface area contributed by atoms with Gasteiger partial charge in [-0.1, -0.05) is 12.8 Å². The van der Waals surface area contributed by atoms with Crippen LogP contribution < -0.4 is 0 Å². The van der Waals surface area contributed by atoms with Gasteiger partial charge in [0.05, 0.1) is 18.9 Å². The van der Waals surface area contributed by atoms with Gasteiger partial charge in [0, 0.05) is 57.1 Å². The molecule has 1 saturated carbocycles. The number of aryl methyl sites for hydroxylation is 1. The molecule has 2 atom stereocenters. The summed E-state index contributed by atoms with van der Waals surface area (Å²) < 4.78 is 14.4. The first-order chi connectivity index (χ1) is 12.2. The molecule has 1 aliphatic carbocycles. The number of piperidine rings is 1. The first-order valence-corrected chi connectivity index (χ1v) is 10.1. The number of aromatic nitrogens is 2. The van der Waals surface area contributed by atoms with Crippen LogP contribution >= 0.6 is 0 Å². The Hall–Kier alpha value is -0.910. The van der Waals surface area contributed by atoms with Crippen LogP contribution in [0.15, 0.2) is 12.4 Å². The lowest BCUT2D eigenvalue weighted by atomic mass is 9.73. The number of hydrogen-bond acceptors (Lipinski definition) is 4. The number of fused-ring (bicyclic) bond motifs is 1. The predicted molar refractivity (Wildman–Crippen MR) is 97.3 cm³/mol. The predicted octanol–water partition coefficient (Wildman–Crippen LogP) is 3.00. The van der Waals surface area contributed by atoms with E-state index in [0.717, 1.165) is 51.8 Å². The molecule has 0 amide bonds. The van der Waals surface area contributed by atoms with Gasteiger partial charge in [0.1, 0.15) is 0 Å². The van der Waals surface area contributed by atoms with Crippen LogP contribution in [0.4, 0.5) is 0 Å². The van der Waals surface area contributed by atoms with Gasteiger partial charge in [0.25, 0.3) is 0 Å². The van der Waals surface area contributed by atoms with Crippen LogP contribution in [0.25, 0.3) is 0 Å². The number of nitrogens with zero attached hydrogens (tertiary/aromatic N) is 3. The van der Waals surface area contributed by atoms with Crippen molar-refractivity contribution in [2.45, 2.75) is 57.6 Å². The third-order valence-corrected chi connectivity index (χ3v) is 6.45. The van der Waals surface area contributed by atoms with E-state index in [4.69, 9.17) is 9.47 Å². The minimum absolute atomic E-state index is 0.192. The lowest BCUT2D eigenvalue weighted by Crippen LogP contribution is -2.56. The number of ether oxygens (including phenoxy) is 2. The number of likely N-dealkylation sites (tertiary alicyclic amines) is 1. The standard InChI is InChI=1S/C20H33N3O2/c1-22-12-18(11-21-22)13-23-9-7-19-20(15-23,8-4-10-25-19)16-24-14-17-5-2-3-6-17/h11-12,17,19H,2-10,13-16H2,1H3/t19-,20+/m1/s1. The van der Waals surface area contributed by atoms with Gasteiger partial charge in [-0.25, -0.2) is 0 Å². The van der Waals surface area contributed by atoms with Crippen LogP contribution in [-0.4, -0.2) is 53.7 Å². The Morgan fingerprint density at radius 3 is 2.96 bits per heavy atom. The fraction of sp³-hybridized carbons (Fsp3) is 0.850. The van der Waals surface area contributed by atoms with E-state index in [1.165, 1.54) is 44.1 Å². The van der Waals surface area contributed by atoms with Gasteiger partial charge in [-0.3, -0.25) is 9.58 Å². The maximum absolute atomic E-state index is 6.30. The van der Waals surface area contributed by atoms with Gasteiger partial charge in [0.15, 0.2) is 0 Å². The Balaban J connectivity index is 1.37. The highest BCUT2D eigenvalue weighted by Gasteiger charge is 2.46. The molecule has 0 radical (unpaired) electrons. The smallest absolute Gasteiger partial charge is 0.0677 e. The maximum atomic E-state index is 6.30. The van der Waals surface area contributed by atoms with Crippen molar-refractivity contribution in [3.63, 3.8) is 0 Å². The average molecular weight is 348 g/mol. The Bertz CT molecular complexity index is 555. The average Bonchev–Trinajstić information content (AvgIpc) is 3.26. The van der Waals surface area contributed by atoms with Gasteiger partial charge in [-0.2, -0.15) is 5.10 Å². The first-order valence-electron chi connectivity index (χ1n) is 10.1. The summed E-state index contributed by atoms with van der Waals surface area (Å²) in [6.07, 6.45) is 13.6. The molecule has 2 aliphatic heterocycles. The van der Waals surface area contributed by atoms with Crippen molar-refractivity contribution in [3.05, 3.63) is 18.0 Å². The molecule has 25 heavy (non-hydrogen) atoms. The summed E-state index contributed by atoms with van der Waals surface area (Å²) in [5.41, 5.74) is 1.50. The largest absolute Gasteiger partial charge is 0.380 e. The zero-order valence-corrected chi connectivity index (χ0v) is 15.7. The summed E-state index contributed by atoms with van der Waals surface area (Å²) in [7, 11) is 1.99. The fourth-order valence-corrected chi connectivity index (χ4v) is 5.15. The van der Waals surface area contributed by atoms with Gasteiger partial charge in [-0.05, 0) is 38.0 Å². The van der Waals surface area contributed by atoms with E-state index < -0.39 is 0 Å². The van der Waals surface area contributed by atoms with Crippen LogP contribution in [0.1, 0.15) is 50.5 Å². The zero-order valence-electron chi connectivity index (χ0n) is 15.7. The molecule has 4 rings (SSSR count). The van der Waals surface area contributed by atoms with Crippen molar-refractivity contribution in [3.8, 4) is 0 Å². The van der Waals surface area contributed by atoms with Crippen LogP contribution in [0, 0.1) is 11.3 Å². The molecule has 0 N–H and O–H groups in total. The second-order valence-corrected chi connectivity index (χ2v) is 8.51. The summed E-state index contributed by atoms with van der Waals surface area (Å²) in [6.45, 7) is 5.96. The van der Waals surface area contributed by atoms with Crippen LogP contribution in [0.5, 0.6) is 0 Å². The minimum atomic E-state index is 0.192. The third-order valence-electron chi connectivity index (χ3n) is 6.45. The summed E-state index contributed by atoms with van der Waals surface area (Å²) in [5, 5.41) is 4.32. The SMILES string of the molecule is Cn1cc(CN2CC[C@H]3OCCC[C@@]3(COCC3CCCC3)C2)cn1. The monoisotopic (exact) mass is 347 g/mol. The Morgan fingerprint density at radius 1 is 1.28 bits per heavy atom. The molecule has 5 nitrogen and oxygen atoms in total. The molecule has 1 aromatic rings. The van der Waals surface area contributed by atoms with E-state index >= 15 is 0 Å². The molecule has 0 bridgehead atoms. The molecule has 140 valence electrons. The number of hydrogen-bond donors (Lipinski definition) is 0. The van der Waals surface area contributed by atoms with Crippen molar-refractivity contribution >= 4 is 0 Å². The van der Waals surface area contributed by atoms with Gasteiger partial charge in [0.2, 0.25) is 0 Å². The van der Waals surface area contributed by atoms with E-state index in [0.29, 0.717) is 6.10 Å². The van der Waals surface area contributed by atoms with E-state index in [-0.39, 0.29) is 5.41 Å². The topological polar surface area (TPSA) is 39.5 Å². The molecule has 1 aromatic heterocycles. The lowest BCUT2D eigenvalue weighted by molar-refractivity contribution is -0.155. The van der Waals surface area contributed by atoms with Crippen molar-refractivity contribution < 1.29 is 9.47 Å². The number of rotatable bonds is 6. The van der Waals surface area contributed by atoms with Crippen molar-refractivity contribution in [1.29, 1.82) is 0 Å². The molecular formula is C20H33N3O2. The molecule has 3 aliphatic rings. The molecule has 0 aromatic carbocycles. The minimum Gasteiger partial charge on any atom is -0.380 e. The molecule has 0 unspecified atom stereocenters. The first kappa shape index (κ1) is 17.5.